The molecule has 0 aliphatic heterocycles. The molecule has 24 heavy (non-hydrogen) atoms. The fourth-order valence-electron chi connectivity index (χ4n) is 2.27. The van der Waals surface area contributed by atoms with Crippen LogP contribution in [0.4, 0.5) is 17.1 Å². The smallest absolute Gasteiger partial charge is 0.295 e. The number of halogens is 1. The highest BCUT2D eigenvalue weighted by molar-refractivity contribution is 14.1. The number of fused-ring (bicyclic) bond motifs is 1. The quantitative estimate of drug-likeness (QED) is 0.260. The van der Waals surface area contributed by atoms with Gasteiger partial charge in [-0.1, -0.05) is 24.3 Å². The number of nitrogen functional groups attached to an aromatic ring is 1. The number of nitrogens with two attached hydrogens (primary N) is 1. The first kappa shape index (κ1) is 16.8. The average molecular weight is 453 g/mol. The number of nitrogens with zero attached hydrogens (tertiary/aromatic N) is 2. The second-order valence-corrected chi connectivity index (χ2v) is 7.64. The Morgan fingerprint density at radius 1 is 0.958 bits per heavy atom. The van der Waals surface area contributed by atoms with E-state index >= 15 is 0 Å². The summed E-state index contributed by atoms with van der Waals surface area (Å²) in [4.78, 5) is -0.246. The SMILES string of the molecule is Nc1c(/N=N/c2ccc(I)cc2)cc(S(=O)(=O)O)c2ccccc12. The number of rotatable bonds is 3. The maximum Gasteiger partial charge on any atom is 0.295 e. The van der Waals surface area contributed by atoms with Gasteiger partial charge < -0.3 is 5.73 Å². The van der Waals surface area contributed by atoms with Crippen molar-refractivity contribution in [1.82, 2.24) is 0 Å². The minimum atomic E-state index is -4.42. The van der Waals surface area contributed by atoms with Gasteiger partial charge in [-0.2, -0.15) is 13.5 Å². The normalized spacial score (nSPS) is 12.1. The molecule has 0 heterocycles. The van der Waals surface area contributed by atoms with Gasteiger partial charge in [-0.3, -0.25) is 4.55 Å². The van der Waals surface area contributed by atoms with Crippen molar-refractivity contribution < 1.29 is 13.0 Å². The van der Waals surface area contributed by atoms with Crippen LogP contribution in [0.2, 0.25) is 0 Å². The number of hydrogen-bond acceptors (Lipinski definition) is 5. The molecule has 0 radical (unpaired) electrons. The molecule has 3 aromatic rings. The van der Waals surface area contributed by atoms with E-state index in [2.05, 4.69) is 32.8 Å². The van der Waals surface area contributed by atoms with Gasteiger partial charge in [0.15, 0.2) is 0 Å². The van der Waals surface area contributed by atoms with E-state index in [1.165, 1.54) is 6.07 Å². The van der Waals surface area contributed by atoms with Crippen molar-refractivity contribution in [3.05, 3.63) is 58.2 Å². The highest BCUT2D eigenvalue weighted by Crippen LogP contribution is 2.36. The van der Waals surface area contributed by atoms with E-state index in [4.69, 9.17) is 5.73 Å². The van der Waals surface area contributed by atoms with Crippen LogP contribution in [0.5, 0.6) is 0 Å². The molecule has 0 spiro atoms. The highest BCUT2D eigenvalue weighted by Gasteiger charge is 2.18. The molecule has 3 N–H and O–H groups in total. The Morgan fingerprint density at radius 2 is 1.58 bits per heavy atom. The van der Waals surface area contributed by atoms with Crippen molar-refractivity contribution in [2.24, 2.45) is 10.2 Å². The minimum Gasteiger partial charge on any atom is -0.396 e. The van der Waals surface area contributed by atoms with Crippen molar-refractivity contribution in [3.63, 3.8) is 0 Å². The molecule has 3 aromatic carbocycles. The van der Waals surface area contributed by atoms with Crippen LogP contribution in [0.3, 0.4) is 0 Å². The van der Waals surface area contributed by atoms with Crippen molar-refractivity contribution in [1.29, 1.82) is 0 Å². The summed E-state index contributed by atoms with van der Waals surface area (Å²) in [7, 11) is -4.42. The molecule has 0 unspecified atom stereocenters. The lowest BCUT2D eigenvalue weighted by Crippen LogP contribution is -2.01. The van der Waals surface area contributed by atoms with Crippen LogP contribution in [0.1, 0.15) is 0 Å². The van der Waals surface area contributed by atoms with Gasteiger partial charge in [0, 0.05) is 14.3 Å². The Kier molecular flexibility index (Phi) is 4.52. The predicted molar refractivity (Wildman–Crippen MR) is 102 cm³/mol. The standard InChI is InChI=1S/C16H12IN3O3S/c17-10-5-7-11(8-6-10)19-20-14-9-15(24(21,22)23)12-3-1-2-4-13(12)16(14)18/h1-9H,18H2,(H,21,22,23)/b20-19+. The van der Waals surface area contributed by atoms with E-state index in [1.807, 2.05) is 12.1 Å². The monoisotopic (exact) mass is 453 g/mol. The predicted octanol–water partition coefficient (Wildman–Crippen LogP) is 4.69. The van der Waals surface area contributed by atoms with Gasteiger partial charge in [-0.05, 0) is 52.9 Å². The van der Waals surface area contributed by atoms with E-state index < -0.39 is 10.1 Å². The minimum absolute atomic E-state index is 0.180. The summed E-state index contributed by atoms with van der Waals surface area (Å²) in [5.74, 6) is 0. The van der Waals surface area contributed by atoms with Crippen LogP contribution in [0.15, 0.2) is 69.7 Å². The zero-order valence-corrected chi connectivity index (χ0v) is 15.2. The first-order valence-corrected chi connectivity index (χ1v) is 9.34. The Hall–Kier alpha value is -2.04. The molecule has 8 heteroatoms. The van der Waals surface area contributed by atoms with Gasteiger partial charge in [0.05, 0.1) is 11.4 Å². The summed E-state index contributed by atoms with van der Waals surface area (Å²) in [6.45, 7) is 0. The van der Waals surface area contributed by atoms with Gasteiger partial charge in [0.1, 0.15) is 10.6 Å². The van der Waals surface area contributed by atoms with Gasteiger partial charge in [-0.15, -0.1) is 5.11 Å². The fraction of sp³-hybridized carbons (Fsp3) is 0. The molecule has 122 valence electrons. The van der Waals surface area contributed by atoms with Crippen molar-refractivity contribution >= 4 is 60.5 Å². The van der Waals surface area contributed by atoms with Crippen LogP contribution in [0, 0.1) is 3.57 Å². The largest absolute Gasteiger partial charge is 0.396 e. The molecular weight excluding hydrogens is 441 g/mol. The van der Waals surface area contributed by atoms with Gasteiger partial charge in [-0.25, -0.2) is 0 Å². The summed E-state index contributed by atoms with van der Waals surface area (Å²) in [5, 5.41) is 8.95. The summed E-state index contributed by atoms with van der Waals surface area (Å²) < 4.78 is 33.9. The Labute approximate surface area is 152 Å². The van der Waals surface area contributed by atoms with E-state index in [9.17, 15) is 13.0 Å². The Balaban J connectivity index is 2.18. The van der Waals surface area contributed by atoms with E-state index in [1.54, 1.807) is 36.4 Å². The average Bonchev–Trinajstić information content (AvgIpc) is 2.55. The Morgan fingerprint density at radius 3 is 2.21 bits per heavy atom. The third-order valence-electron chi connectivity index (χ3n) is 3.40. The first-order valence-electron chi connectivity index (χ1n) is 6.82. The third kappa shape index (κ3) is 3.40. The number of hydrogen-bond donors (Lipinski definition) is 2. The van der Waals surface area contributed by atoms with Gasteiger partial charge in [0.2, 0.25) is 0 Å². The van der Waals surface area contributed by atoms with Crippen LogP contribution < -0.4 is 5.73 Å². The zero-order valence-electron chi connectivity index (χ0n) is 12.2. The third-order valence-corrected chi connectivity index (χ3v) is 5.02. The first-order chi connectivity index (χ1) is 11.4. The van der Waals surface area contributed by atoms with Crippen LogP contribution in [0.25, 0.3) is 10.8 Å². The van der Waals surface area contributed by atoms with Crippen LogP contribution in [-0.2, 0) is 10.1 Å². The summed E-state index contributed by atoms with van der Waals surface area (Å²) in [6.07, 6.45) is 0. The van der Waals surface area contributed by atoms with Gasteiger partial charge >= 0.3 is 0 Å². The number of benzene rings is 3. The van der Waals surface area contributed by atoms with Crippen molar-refractivity contribution in [3.8, 4) is 0 Å². The lowest BCUT2D eigenvalue weighted by molar-refractivity contribution is 0.484. The van der Waals surface area contributed by atoms with Crippen LogP contribution in [-0.4, -0.2) is 13.0 Å². The fourth-order valence-corrected chi connectivity index (χ4v) is 3.34. The number of azo groups is 1. The molecule has 0 saturated heterocycles. The van der Waals surface area contributed by atoms with E-state index in [-0.39, 0.29) is 10.6 Å². The molecule has 0 aliphatic carbocycles. The summed E-state index contributed by atoms with van der Waals surface area (Å²) in [6, 6.07) is 15.2. The summed E-state index contributed by atoms with van der Waals surface area (Å²) in [5.41, 5.74) is 7.17. The molecule has 0 bridgehead atoms. The molecule has 0 aliphatic rings. The summed E-state index contributed by atoms with van der Waals surface area (Å²) >= 11 is 2.18. The lowest BCUT2D eigenvalue weighted by Gasteiger charge is -2.09. The lowest BCUT2D eigenvalue weighted by atomic mass is 10.1. The molecule has 0 saturated carbocycles. The van der Waals surface area contributed by atoms with Gasteiger partial charge in [0.25, 0.3) is 10.1 Å². The second kappa shape index (κ2) is 6.46. The maximum atomic E-state index is 11.7. The maximum absolute atomic E-state index is 11.7. The van der Waals surface area contributed by atoms with Crippen molar-refractivity contribution in [2.45, 2.75) is 4.90 Å². The molecular formula is C16H12IN3O3S. The molecule has 0 fully saturated rings. The molecule has 6 nitrogen and oxygen atoms in total. The second-order valence-electron chi connectivity index (χ2n) is 5.00. The molecule has 0 atom stereocenters. The van der Waals surface area contributed by atoms with Crippen LogP contribution >= 0.6 is 22.6 Å². The molecule has 0 amide bonds. The molecule has 3 rings (SSSR count). The zero-order chi connectivity index (χ0) is 17.3. The Bertz CT molecular complexity index is 1050. The molecule has 0 aromatic heterocycles. The van der Waals surface area contributed by atoms with E-state index in [0.29, 0.717) is 22.1 Å². The van der Waals surface area contributed by atoms with E-state index in [0.717, 1.165) is 3.57 Å². The topological polar surface area (TPSA) is 105 Å². The van der Waals surface area contributed by atoms with Crippen molar-refractivity contribution in [2.75, 3.05) is 5.73 Å². The number of anilines is 1. The highest BCUT2D eigenvalue weighted by atomic mass is 127.